The number of hydrogen-bond donors (Lipinski definition) is 2. The van der Waals surface area contributed by atoms with Gasteiger partial charge in [-0.15, -0.1) is 0 Å². The van der Waals surface area contributed by atoms with E-state index in [1.807, 2.05) is 24.4 Å². The molecule has 2 heterocycles. The minimum absolute atomic E-state index is 0.0155. The fourth-order valence-corrected chi connectivity index (χ4v) is 2.62. The van der Waals surface area contributed by atoms with Crippen LogP contribution in [-0.2, 0) is 0 Å². The zero-order chi connectivity index (χ0) is 12.7. The molecule has 0 spiro atoms. The summed E-state index contributed by atoms with van der Waals surface area (Å²) in [6.07, 6.45) is 1.82. The average molecular weight is 245 g/mol. The SMILES string of the molecule is c1ccc(B2Nc3cccc4cccc(c34)N2)nc1. The molecule has 0 fully saturated rings. The van der Waals surface area contributed by atoms with Gasteiger partial charge in [-0.25, -0.2) is 0 Å². The normalized spacial score (nSPS) is 12.9. The minimum Gasteiger partial charge on any atom is -0.404 e. The van der Waals surface area contributed by atoms with Crippen LogP contribution in [0.1, 0.15) is 0 Å². The molecular weight excluding hydrogens is 233 g/mol. The Balaban J connectivity index is 1.85. The molecule has 0 atom stereocenters. The molecule has 3 aromatic rings. The molecule has 0 amide bonds. The van der Waals surface area contributed by atoms with Crippen LogP contribution in [0.2, 0.25) is 0 Å². The van der Waals surface area contributed by atoms with Crippen LogP contribution in [0.15, 0.2) is 60.8 Å². The number of pyridine rings is 1. The Morgan fingerprint density at radius 1 is 0.789 bits per heavy atom. The third-order valence-electron chi connectivity index (χ3n) is 3.49. The zero-order valence-corrected chi connectivity index (χ0v) is 10.3. The summed E-state index contributed by atoms with van der Waals surface area (Å²) in [7, 11) is 0. The summed E-state index contributed by atoms with van der Waals surface area (Å²) in [5.41, 5.74) is 3.30. The number of aromatic nitrogens is 1. The lowest BCUT2D eigenvalue weighted by molar-refractivity contribution is 1.37. The first-order chi connectivity index (χ1) is 9.42. The highest BCUT2D eigenvalue weighted by molar-refractivity contribution is 6.79. The van der Waals surface area contributed by atoms with Crippen molar-refractivity contribution in [2.24, 2.45) is 0 Å². The highest BCUT2D eigenvalue weighted by atomic mass is 15.0. The molecule has 2 N–H and O–H groups in total. The maximum absolute atomic E-state index is 4.41. The van der Waals surface area contributed by atoms with Gasteiger partial charge >= 0.3 is 6.98 Å². The van der Waals surface area contributed by atoms with Crippen molar-refractivity contribution in [3.63, 3.8) is 0 Å². The molecule has 0 unspecified atom stereocenters. The molecular formula is C15H12BN3. The van der Waals surface area contributed by atoms with E-state index >= 15 is 0 Å². The lowest BCUT2D eigenvalue weighted by Crippen LogP contribution is -2.49. The van der Waals surface area contributed by atoms with Crippen molar-refractivity contribution in [2.75, 3.05) is 10.5 Å². The van der Waals surface area contributed by atoms with Crippen LogP contribution >= 0.6 is 0 Å². The van der Waals surface area contributed by atoms with Gasteiger partial charge in [0.2, 0.25) is 0 Å². The van der Waals surface area contributed by atoms with Crippen molar-refractivity contribution >= 4 is 34.7 Å². The summed E-state index contributed by atoms with van der Waals surface area (Å²) in [6.45, 7) is 0.0155. The third-order valence-corrected chi connectivity index (χ3v) is 3.49. The van der Waals surface area contributed by atoms with E-state index in [1.165, 1.54) is 10.8 Å². The van der Waals surface area contributed by atoms with Gasteiger partial charge in [0.15, 0.2) is 0 Å². The van der Waals surface area contributed by atoms with Crippen molar-refractivity contribution in [1.82, 2.24) is 4.98 Å². The van der Waals surface area contributed by atoms with Crippen LogP contribution in [0, 0.1) is 0 Å². The van der Waals surface area contributed by atoms with Gasteiger partial charge < -0.3 is 10.5 Å². The van der Waals surface area contributed by atoms with Crippen molar-refractivity contribution in [2.45, 2.75) is 0 Å². The third kappa shape index (κ3) is 1.64. The number of anilines is 2. The molecule has 2 aromatic carbocycles. The number of benzene rings is 2. The molecule has 0 bridgehead atoms. The second kappa shape index (κ2) is 4.02. The molecule has 0 saturated carbocycles. The van der Waals surface area contributed by atoms with Gasteiger partial charge in [-0.1, -0.05) is 30.3 Å². The quantitative estimate of drug-likeness (QED) is 0.646. The van der Waals surface area contributed by atoms with E-state index in [0.717, 1.165) is 17.0 Å². The lowest BCUT2D eigenvalue weighted by Gasteiger charge is -2.26. The van der Waals surface area contributed by atoms with E-state index in [0.29, 0.717) is 0 Å². The van der Waals surface area contributed by atoms with Gasteiger partial charge in [-0.3, -0.25) is 4.98 Å². The first-order valence-corrected chi connectivity index (χ1v) is 6.37. The number of nitrogens with zero attached hydrogens (tertiary/aromatic N) is 1. The van der Waals surface area contributed by atoms with Crippen molar-refractivity contribution < 1.29 is 0 Å². The lowest BCUT2D eigenvalue weighted by atomic mass is 9.69. The maximum Gasteiger partial charge on any atom is 0.425 e. The predicted molar refractivity (Wildman–Crippen MR) is 80.8 cm³/mol. The number of rotatable bonds is 1. The second-order valence-corrected chi connectivity index (χ2v) is 4.69. The van der Waals surface area contributed by atoms with Gasteiger partial charge in [0.05, 0.1) is 5.59 Å². The summed E-state index contributed by atoms with van der Waals surface area (Å²) in [4.78, 5) is 4.41. The van der Waals surface area contributed by atoms with Gasteiger partial charge in [0, 0.05) is 23.0 Å². The number of hydrogen-bond acceptors (Lipinski definition) is 3. The van der Waals surface area contributed by atoms with E-state index in [4.69, 9.17) is 0 Å². The fourth-order valence-electron chi connectivity index (χ4n) is 2.62. The maximum atomic E-state index is 4.41. The van der Waals surface area contributed by atoms with E-state index in [9.17, 15) is 0 Å². The molecule has 0 saturated heterocycles. The van der Waals surface area contributed by atoms with E-state index in [-0.39, 0.29) is 6.98 Å². The summed E-state index contributed by atoms with van der Waals surface area (Å²) in [6, 6.07) is 18.6. The van der Waals surface area contributed by atoms with Gasteiger partial charge in [-0.05, 0) is 29.7 Å². The molecule has 0 radical (unpaired) electrons. The molecule has 3 nitrogen and oxygen atoms in total. The molecule has 1 aliphatic heterocycles. The molecule has 1 aliphatic rings. The summed E-state index contributed by atoms with van der Waals surface area (Å²) in [5.74, 6) is 0. The first kappa shape index (κ1) is 10.4. The highest BCUT2D eigenvalue weighted by Gasteiger charge is 2.25. The molecule has 4 rings (SSSR count). The van der Waals surface area contributed by atoms with E-state index in [2.05, 4.69) is 51.8 Å². The zero-order valence-electron chi connectivity index (χ0n) is 10.3. The summed E-state index contributed by atoms with van der Waals surface area (Å²) in [5, 5.41) is 9.50. The van der Waals surface area contributed by atoms with Crippen LogP contribution in [0.3, 0.4) is 0 Å². The largest absolute Gasteiger partial charge is 0.425 e. The molecule has 0 aliphatic carbocycles. The van der Waals surface area contributed by atoms with Crippen molar-refractivity contribution in [3.05, 3.63) is 60.8 Å². The summed E-state index contributed by atoms with van der Waals surface area (Å²) < 4.78 is 0. The monoisotopic (exact) mass is 245 g/mol. The molecule has 4 heteroatoms. The Morgan fingerprint density at radius 3 is 2.16 bits per heavy atom. The minimum atomic E-state index is 0.0155. The smallest absolute Gasteiger partial charge is 0.404 e. The van der Waals surface area contributed by atoms with Crippen LogP contribution in [-0.4, -0.2) is 12.0 Å². The van der Waals surface area contributed by atoms with Gasteiger partial charge in [0.25, 0.3) is 0 Å². The highest BCUT2D eigenvalue weighted by Crippen LogP contribution is 2.33. The van der Waals surface area contributed by atoms with Crippen LogP contribution < -0.4 is 16.0 Å². The van der Waals surface area contributed by atoms with Crippen LogP contribution in [0.4, 0.5) is 11.4 Å². The molecule has 90 valence electrons. The Labute approximate surface area is 111 Å². The average Bonchev–Trinajstić information content (AvgIpc) is 2.49. The Morgan fingerprint density at radius 2 is 1.53 bits per heavy atom. The van der Waals surface area contributed by atoms with Crippen LogP contribution in [0.5, 0.6) is 0 Å². The predicted octanol–water partition coefficient (Wildman–Crippen LogP) is 2.47. The van der Waals surface area contributed by atoms with Crippen molar-refractivity contribution in [3.8, 4) is 0 Å². The Bertz CT molecular complexity index is 702. The standard InChI is InChI=1S/C15H12BN3/c1-2-10-17-14(9-1)16-18-12-7-3-5-11-6-4-8-13(19-16)15(11)12/h1-10,18-19H. The Hall–Kier alpha value is -2.49. The Kier molecular flexibility index (Phi) is 2.21. The van der Waals surface area contributed by atoms with Crippen LogP contribution in [0.25, 0.3) is 10.8 Å². The van der Waals surface area contributed by atoms with Gasteiger partial charge in [-0.2, -0.15) is 0 Å². The van der Waals surface area contributed by atoms with E-state index < -0.39 is 0 Å². The molecule has 19 heavy (non-hydrogen) atoms. The topological polar surface area (TPSA) is 37.0 Å². The van der Waals surface area contributed by atoms with Crippen molar-refractivity contribution in [1.29, 1.82) is 0 Å². The van der Waals surface area contributed by atoms with E-state index in [1.54, 1.807) is 0 Å². The van der Waals surface area contributed by atoms with Gasteiger partial charge in [0.1, 0.15) is 0 Å². The fraction of sp³-hybridized carbons (Fsp3) is 0. The second-order valence-electron chi connectivity index (χ2n) is 4.69. The molecule has 1 aromatic heterocycles. The summed E-state index contributed by atoms with van der Waals surface area (Å²) >= 11 is 0. The number of nitrogens with one attached hydrogen (secondary N) is 2. The first-order valence-electron chi connectivity index (χ1n) is 6.37.